The highest BCUT2D eigenvalue weighted by atomic mass is 32.1. The molecule has 4 N–H and O–H groups in total. The molecule has 3 nitrogen and oxygen atoms in total. The van der Waals surface area contributed by atoms with Gasteiger partial charge in [0, 0.05) is 17.0 Å². The quantitative estimate of drug-likeness (QED) is 0.497. The van der Waals surface area contributed by atoms with E-state index in [1.165, 1.54) is 6.07 Å². The van der Waals surface area contributed by atoms with Gasteiger partial charge >= 0.3 is 6.18 Å². The van der Waals surface area contributed by atoms with Crippen molar-refractivity contribution >= 4 is 18.3 Å². The monoisotopic (exact) mass is 267 g/mol. The predicted octanol–water partition coefficient (Wildman–Crippen LogP) is 1.61. The van der Waals surface area contributed by atoms with Crippen LogP contribution in [0.5, 0.6) is 0 Å². The van der Waals surface area contributed by atoms with Crippen molar-refractivity contribution in [1.29, 1.82) is 0 Å². The molecule has 96 valence electrons. The van der Waals surface area contributed by atoms with Crippen LogP contribution >= 0.6 is 12.6 Å². The average molecular weight is 267 g/mol. The van der Waals surface area contributed by atoms with Crippen LogP contribution in [0.4, 0.5) is 18.9 Å². The highest BCUT2D eigenvalue weighted by Gasteiger charge is 2.37. The van der Waals surface area contributed by atoms with Gasteiger partial charge in [0.2, 0.25) is 0 Å². The molecule has 0 aliphatic carbocycles. The summed E-state index contributed by atoms with van der Waals surface area (Å²) in [5.41, 5.74) is 3.64. The van der Waals surface area contributed by atoms with Crippen molar-refractivity contribution in [1.82, 2.24) is 0 Å². The molecule has 17 heavy (non-hydrogen) atoms. The number of benzene rings is 1. The molecule has 0 aliphatic rings. The molecule has 0 aliphatic heterocycles. The van der Waals surface area contributed by atoms with Crippen molar-refractivity contribution in [3.63, 3.8) is 0 Å². The lowest BCUT2D eigenvalue weighted by molar-refractivity contribution is -0.139. The van der Waals surface area contributed by atoms with Gasteiger partial charge in [-0.3, -0.25) is 0 Å². The van der Waals surface area contributed by atoms with Gasteiger partial charge in [-0.1, -0.05) is 6.07 Å². The minimum atomic E-state index is -4.64. The van der Waals surface area contributed by atoms with E-state index in [1.807, 2.05) is 0 Å². The van der Waals surface area contributed by atoms with Crippen LogP contribution in [0.15, 0.2) is 18.2 Å². The first-order valence-corrected chi connectivity index (χ1v) is 5.34. The number of nitrogen functional groups attached to an aromatic ring is 1. The Morgan fingerprint density at radius 2 is 1.88 bits per heavy atom. The van der Waals surface area contributed by atoms with Crippen LogP contribution in [0.3, 0.4) is 0 Å². The Morgan fingerprint density at radius 3 is 2.35 bits per heavy atom. The zero-order chi connectivity index (χ0) is 13.2. The van der Waals surface area contributed by atoms with Crippen LogP contribution in [0, 0.1) is 0 Å². The molecule has 2 atom stereocenters. The number of hydrogen-bond acceptors (Lipinski definition) is 4. The molecule has 0 amide bonds. The molecule has 0 saturated carbocycles. The molecule has 2 unspecified atom stereocenters. The van der Waals surface area contributed by atoms with E-state index >= 15 is 0 Å². The molecule has 1 aromatic rings. The van der Waals surface area contributed by atoms with Crippen LogP contribution in [0.1, 0.15) is 17.2 Å². The van der Waals surface area contributed by atoms with E-state index in [0.717, 1.165) is 12.1 Å². The maximum atomic E-state index is 12.7. The lowest BCUT2D eigenvalue weighted by atomic mass is 9.97. The summed E-state index contributed by atoms with van der Waals surface area (Å²) in [6.45, 7) is 0. The predicted molar refractivity (Wildman–Crippen MR) is 60.7 cm³/mol. The van der Waals surface area contributed by atoms with E-state index in [0.29, 0.717) is 0 Å². The summed E-state index contributed by atoms with van der Waals surface area (Å²) in [6.07, 6.45) is -7.77. The summed E-state index contributed by atoms with van der Waals surface area (Å²) in [5, 5.41) is 19.0. The van der Waals surface area contributed by atoms with E-state index in [4.69, 9.17) is 5.73 Å². The number of rotatable bonds is 3. The normalized spacial score (nSPS) is 15.6. The third-order valence-corrected chi connectivity index (χ3v) is 2.67. The summed E-state index contributed by atoms with van der Waals surface area (Å²) in [4.78, 5) is 0. The van der Waals surface area contributed by atoms with E-state index in [9.17, 15) is 23.4 Å². The van der Waals surface area contributed by atoms with Crippen molar-refractivity contribution < 1.29 is 23.4 Å². The maximum Gasteiger partial charge on any atom is 0.416 e. The summed E-state index contributed by atoms with van der Waals surface area (Å²) >= 11 is 3.71. The van der Waals surface area contributed by atoms with Gasteiger partial charge in [-0.15, -0.1) is 0 Å². The Kier molecular flexibility index (Phi) is 4.29. The summed E-state index contributed by atoms with van der Waals surface area (Å²) in [7, 11) is 0. The van der Waals surface area contributed by atoms with E-state index in [-0.39, 0.29) is 11.4 Å². The topological polar surface area (TPSA) is 66.5 Å². The molecule has 0 fully saturated rings. The van der Waals surface area contributed by atoms with Crippen LogP contribution in [-0.4, -0.2) is 22.1 Å². The van der Waals surface area contributed by atoms with E-state index in [2.05, 4.69) is 12.6 Å². The summed E-state index contributed by atoms with van der Waals surface area (Å²) in [6, 6.07) is 3.18. The van der Waals surface area contributed by atoms with Crippen molar-refractivity contribution in [3.05, 3.63) is 29.3 Å². The average Bonchev–Trinajstić information content (AvgIpc) is 2.25. The number of hydrogen-bond donors (Lipinski definition) is 4. The van der Waals surface area contributed by atoms with Gasteiger partial charge in [0.05, 0.1) is 11.7 Å². The molecule has 0 aromatic heterocycles. The Balaban J connectivity index is 3.30. The Bertz CT molecular complexity index is 398. The molecule has 0 bridgehead atoms. The van der Waals surface area contributed by atoms with Gasteiger partial charge < -0.3 is 15.9 Å². The molecular weight excluding hydrogens is 255 g/mol. The number of nitrogens with two attached hydrogens (primary N) is 1. The molecule has 0 spiro atoms. The van der Waals surface area contributed by atoms with Crippen LogP contribution in [-0.2, 0) is 6.18 Å². The summed E-state index contributed by atoms with van der Waals surface area (Å²) < 4.78 is 38.1. The Morgan fingerprint density at radius 1 is 1.29 bits per heavy atom. The number of aliphatic hydroxyl groups excluding tert-OH is 2. The van der Waals surface area contributed by atoms with Crippen LogP contribution < -0.4 is 5.73 Å². The number of aliphatic hydroxyl groups is 2. The van der Waals surface area contributed by atoms with Crippen LogP contribution in [0.2, 0.25) is 0 Å². The zero-order valence-corrected chi connectivity index (χ0v) is 9.54. The smallest absolute Gasteiger partial charge is 0.398 e. The van der Waals surface area contributed by atoms with Gasteiger partial charge in [0.1, 0.15) is 6.10 Å². The fourth-order valence-electron chi connectivity index (χ4n) is 1.45. The molecule has 1 aromatic carbocycles. The van der Waals surface area contributed by atoms with Gasteiger partial charge in [-0.05, 0) is 12.1 Å². The van der Waals surface area contributed by atoms with Gasteiger partial charge in [-0.2, -0.15) is 25.8 Å². The second-order valence-electron chi connectivity index (χ2n) is 3.50. The number of halogens is 3. The lowest BCUT2D eigenvalue weighted by Crippen LogP contribution is -2.24. The third kappa shape index (κ3) is 3.05. The van der Waals surface area contributed by atoms with E-state index in [1.54, 1.807) is 0 Å². The molecule has 0 saturated heterocycles. The minimum Gasteiger partial charge on any atom is -0.398 e. The minimum absolute atomic E-state index is 0.174. The standard InChI is InChI=1S/C10H12F3NO2S/c11-10(12,13)5-2-1-3-6(14)8(5)9(16)7(15)4-17/h1-3,7,9,15-17H,4,14H2. The van der Waals surface area contributed by atoms with Crippen molar-refractivity contribution in [2.24, 2.45) is 0 Å². The molecule has 0 heterocycles. The first-order valence-electron chi connectivity index (χ1n) is 4.71. The van der Waals surface area contributed by atoms with Gasteiger partial charge in [-0.25, -0.2) is 0 Å². The first kappa shape index (κ1) is 14.1. The second-order valence-corrected chi connectivity index (χ2v) is 3.87. The molecule has 0 radical (unpaired) electrons. The molecule has 7 heteroatoms. The first-order chi connectivity index (χ1) is 7.79. The number of alkyl halides is 3. The van der Waals surface area contributed by atoms with E-state index < -0.39 is 29.5 Å². The molecular formula is C10H12F3NO2S. The SMILES string of the molecule is Nc1cccc(C(F)(F)F)c1C(O)C(O)CS. The Labute approximate surface area is 101 Å². The molecule has 1 rings (SSSR count). The van der Waals surface area contributed by atoms with Gasteiger partial charge in [0.15, 0.2) is 0 Å². The fraction of sp³-hybridized carbons (Fsp3) is 0.400. The second kappa shape index (κ2) is 5.16. The Hall–Kier alpha value is -0.920. The van der Waals surface area contributed by atoms with Crippen molar-refractivity contribution in [2.45, 2.75) is 18.4 Å². The highest BCUT2D eigenvalue weighted by molar-refractivity contribution is 7.80. The van der Waals surface area contributed by atoms with Crippen molar-refractivity contribution in [3.8, 4) is 0 Å². The fourth-order valence-corrected chi connectivity index (χ4v) is 1.65. The maximum absolute atomic E-state index is 12.7. The largest absolute Gasteiger partial charge is 0.416 e. The zero-order valence-electron chi connectivity index (χ0n) is 8.65. The lowest BCUT2D eigenvalue weighted by Gasteiger charge is -2.22. The third-order valence-electron chi connectivity index (χ3n) is 2.29. The van der Waals surface area contributed by atoms with Crippen molar-refractivity contribution in [2.75, 3.05) is 11.5 Å². The summed E-state index contributed by atoms with van der Waals surface area (Å²) in [5.74, 6) is -0.174. The highest BCUT2D eigenvalue weighted by Crippen LogP contribution is 2.38. The number of anilines is 1. The number of thiol groups is 1. The van der Waals surface area contributed by atoms with Crippen LogP contribution in [0.25, 0.3) is 0 Å². The van der Waals surface area contributed by atoms with Gasteiger partial charge in [0.25, 0.3) is 0 Å².